The third-order valence-corrected chi connectivity index (χ3v) is 3.56. The van der Waals surface area contributed by atoms with Crippen molar-refractivity contribution < 1.29 is 9.15 Å². The van der Waals surface area contributed by atoms with Crippen LogP contribution in [0.5, 0.6) is 5.75 Å². The zero-order valence-corrected chi connectivity index (χ0v) is 13.0. The first-order chi connectivity index (χ1) is 8.61. The molecule has 3 nitrogen and oxygen atoms in total. The highest BCUT2D eigenvalue weighted by atomic mass is 79.9. The number of nitrogens with two attached hydrogens (primary N) is 1. The Morgan fingerprint density at radius 2 is 2.06 bits per heavy atom. The van der Waals surface area contributed by atoms with Gasteiger partial charge >= 0.3 is 0 Å². The summed E-state index contributed by atoms with van der Waals surface area (Å²) in [6, 6.07) is 9.20. The van der Waals surface area contributed by atoms with Gasteiger partial charge in [-0.3, -0.25) is 0 Å². The summed E-state index contributed by atoms with van der Waals surface area (Å²) < 4.78 is 12.5. The van der Waals surface area contributed by atoms with Crippen LogP contribution in [0.3, 0.4) is 0 Å². The van der Waals surface area contributed by atoms with E-state index in [9.17, 15) is 0 Å². The zero-order chi connectivity index (χ0) is 13.1. The van der Waals surface area contributed by atoms with Crippen LogP contribution in [-0.2, 0) is 0 Å². The maximum Gasteiger partial charge on any atom is 0.169 e. The van der Waals surface area contributed by atoms with Crippen molar-refractivity contribution >= 4 is 31.9 Å². The van der Waals surface area contributed by atoms with Crippen molar-refractivity contribution in [2.75, 3.05) is 6.61 Å². The van der Waals surface area contributed by atoms with Gasteiger partial charge in [-0.15, -0.1) is 0 Å². The van der Waals surface area contributed by atoms with Gasteiger partial charge in [0, 0.05) is 0 Å². The molecule has 0 spiro atoms. The number of furan rings is 1. The maximum atomic E-state index is 6.15. The molecule has 2 aromatic rings. The molecule has 0 amide bonds. The van der Waals surface area contributed by atoms with Crippen LogP contribution in [0.2, 0.25) is 0 Å². The predicted octanol–water partition coefficient (Wildman–Crippen LogP) is 4.25. The lowest BCUT2D eigenvalue weighted by Gasteiger charge is -2.12. The molecule has 0 bridgehead atoms. The van der Waals surface area contributed by atoms with E-state index in [0.717, 1.165) is 21.5 Å². The Kier molecular flexibility index (Phi) is 4.48. The summed E-state index contributed by atoms with van der Waals surface area (Å²) in [5, 5.41) is 0. The van der Waals surface area contributed by atoms with E-state index in [1.165, 1.54) is 0 Å². The summed E-state index contributed by atoms with van der Waals surface area (Å²) in [4.78, 5) is 0. The molecule has 0 saturated carbocycles. The Balaban J connectivity index is 2.26. The number of rotatable bonds is 4. The molecule has 5 heteroatoms. The van der Waals surface area contributed by atoms with Crippen LogP contribution in [0, 0.1) is 0 Å². The first-order valence-electron chi connectivity index (χ1n) is 5.55. The van der Waals surface area contributed by atoms with Crippen molar-refractivity contribution in [3.8, 4) is 5.75 Å². The highest BCUT2D eigenvalue weighted by molar-refractivity contribution is 9.10. The van der Waals surface area contributed by atoms with Gasteiger partial charge in [0.2, 0.25) is 0 Å². The van der Waals surface area contributed by atoms with Crippen LogP contribution in [-0.4, -0.2) is 6.61 Å². The summed E-state index contributed by atoms with van der Waals surface area (Å²) in [7, 11) is 0. The highest BCUT2D eigenvalue weighted by Gasteiger charge is 2.14. The smallest absolute Gasteiger partial charge is 0.169 e. The second-order valence-corrected chi connectivity index (χ2v) is 5.38. The lowest BCUT2D eigenvalue weighted by molar-refractivity contribution is 0.338. The average molecular weight is 375 g/mol. The molecule has 2 N–H and O–H groups in total. The summed E-state index contributed by atoms with van der Waals surface area (Å²) in [6.45, 7) is 2.58. The molecular formula is C13H13Br2NO2. The zero-order valence-electron chi connectivity index (χ0n) is 9.82. The highest BCUT2D eigenvalue weighted by Crippen LogP contribution is 2.31. The fraction of sp³-hybridized carbons (Fsp3) is 0.231. The van der Waals surface area contributed by atoms with Gasteiger partial charge in [-0.25, -0.2) is 0 Å². The Labute approximate surface area is 123 Å². The second kappa shape index (κ2) is 5.91. The molecule has 1 aromatic heterocycles. The monoisotopic (exact) mass is 373 g/mol. The average Bonchev–Trinajstić information content (AvgIpc) is 2.78. The van der Waals surface area contributed by atoms with E-state index in [1.807, 2.05) is 37.3 Å². The van der Waals surface area contributed by atoms with Gasteiger partial charge in [-0.1, -0.05) is 6.07 Å². The quantitative estimate of drug-likeness (QED) is 0.870. The molecule has 1 heterocycles. The van der Waals surface area contributed by atoms with Crippen molar-refractivity contribution in [3.63, 3.8) is 0 Å². The Morgan fingerprint density at radius 3 is 2.61 bits per heavy atom. The molecule has 0 aliphatic rings. The van der Waals surface area contributed by atoms with Gasteiger partial charge in [-0.05, 0) is 68.6 Å². The van der Waals surface area contributed by atoms with Crippen LogP contribution in [0.4, 0.5) is 0 Å². The topological polar surface area (TPSA) is 48.4 Å². The largest absolute Gasteiger partial charge is 0.493 e. The molecule has 1 atom stereocenters. The van der Waals surface area contributed by atoms with Gasteiger partial charge in [0.15, 0.2) is 4.67 Å². The van der Waals surface area contributed by atoms with Crippen molar-refractivity contribution in [1.82, 2.24) is 0 Å². The fourth-order valence-electron chi connectivity index (χ4n) is 1.64. The number of halogens is 2. The van der Waals surface area contributed by atoms with E-state index >= 15 is 0 Å². The van der Waals surface area contributed by atoms with E-state index in [0.29, 0.717) is 11.3 Å². The number of ether oxygens (including phenoxy) is 1. The van der Waals surface area contributed by atoms with Crippen LogP contribution >= 0.6 is 31.9 Å². The van der Waals surface area contributed by atoms with Gasteiger partial charge in [-0.2, -0.15) is 0 Å². The summed E-state index contributed by atoms with van der Waals surface area (Å²) in [6.07, 6.45) is 0. The Hall–Kier alpha value is -0.780. The molecule has 1 aromatic carbocycles. The fourth-order valence-corrected chi connectivity index (χ4v) is 2.47. The number of hydrogen-bond donors (Lipinski definition) is 1. The molecule has 0 saturated heterocycles. The molecule has 0 fully saturated rings. The first kappa shape index (κ1) is 13.6. The molecule has 0 aliphatic carbocycles. The van der Waals surface area contributed by atoms with E-state index in [4.69, 9.17) is 14.9 Å². The molecule has 1 unspecified atom stereocenters. The normalized spacial score (nSPS) is 12.4. The van der Waals surface area contributed by atoms with E-state index in [1.54, 1.807) is 0 Å². The van der Waals surface area contributed by atoms with Crippen molar-refractivity contribution in [2.45, 2.75) is 13.0 Å². The molecule has 0 radical (unpaired) electrons. The van der Waals surface area contributed by atoms with E-state index in [-0.39, 0.29) is 6.04 Å². The van der Waals surface area contributed by atoms with E-state index in [2.05, 4.69) is 31.9 Å². The third-order valence-electron chi connectivity index (χ3n) is 2.52. The Bertz CT molecular complexity index is 540. The lowest BCUT2D eigenvalue weighted by atomic mass is 10.1. The van der Waals surface area contributed by atoms with Crippen molar-refractivity contribution in [2.24, 2.45) is 5.73 Å². The molecule has 0 aliphatic heterocycles. The van der Waals surface area contributed by atoms with Gasteiger partial charge in [0.05, 0.1) is 17.1 Å². The lowest BCUT2D eigenvalue weighted by Crippen LogP contribution is -2.11. The molecule has 96 valence electrons. The van der Waals surface area contributed by atoms with Crippen LogP contribution in [0.1, 0.15) is 24.3 Å². The van der Waals surface area contributed by atoms with Gasteiger partial charge in [0.1, 0.15) is 11.5 Å². The molecule has 18 heavy (non-hydrogen) atoms. The van der Waals surface area contributed by atoms with Crippen LogP contribution in [0.25, 0.3) is 0 Å². The van der Waals surface area contributed by atoms with Gasteiger partial charge in [0.25, 0.3) is 0 Å². The SMILES string of the molecule is CCOc1ccc(C(N)c2ccc(Br)o2)cc1Br. The number of hydrogen-bond acceptors (Lipinski definition) is 3. The summed E-state index contributed by atoms with van der Waals surface area (Å²) in [5.41, 5.74) is 7.11. The maximum absolute atomic E-state index is 6.15. The van der Waals surface area contributed by atoms with Crippen LogP contribution in [0.15, 0.2) is 43.9 Å². The minimum absolute atomic E-state index is 0.289. The minimum Gasteiger partial charge on any atom is -0.493 e. The van der Waals surface area contributed by atoms with Crippen molar-refractivity contribution in [1.29, 1.82) is 0 Å². The Morgan fingerprint density at radius 1 is 1.28 bits per heavy atom. The predicted molar refractivity (Wildman–Crippen MR) is 77.7 cm³/mol. The van der Waals surface area contributed by atoms with Crippen LogP contribution < -0.4 is 10.5 Å². The second-order valence-electron chi connectivity index (χ2n) is 3.74. The van der Waals surface area contributed by atoms with Crippen molar-refractivity contribution in [3.05, 3.63) is 50.8 Å². The minimum atomic E-state index is -0.289. The number of benzene rings is 1. The summed E-state index contributed by atoms with van der Waals surface area (Å²) in [5.74, 6) is 1.53. The third kappa shape index (κ3) is 2.96. The standard InChI is InChI=1S/C13H13Br2NO2/c1-2-17-10-4-3-8(7-9(10)14)13(16)11-5-6-12(15)18-11/h3-7,13H,2,16H2,1H3. The van der Waals surface area contributed by atoms with Gasteiger partial charge < -0.3 is 14.9 Å². The molecular weight excluding hydrogens is 362 g/mol. The molecule has 2 rings (SSSR count). The summed E-state index contributed by atoms with van der Waals surface area (Å²) >= 11 is 6.74. The van der Waals surface area contributed by atoms with E-state index < -0.39 is 0 Å². The first-order valence-corrected chi connectivity index (χ1v) is 7.13.